The summed E-state index contributed by atoms with van der Waals surface area (Å²) in [6.45, 7) is 3.69. The van der Waals surface area contributed by atoms with Crippen LogP contribution in [-0.4, -0.2) is 29.3 Å². The van der Waals surface area contributed by atoms with Gasteiger partial charge >= 0.3 is 0 Å². The highest BCUT2D eigenvalue weighted by molar-refractivity contribution is 5.53. The highest BCUT2D eigenvalue weighted by atomic mass is 15.3. The van der Waals surface area contributed by atoms with Crippen molar-refractivity contribution in [1.82, 2.24) is 10.2 Å². The van der Waals surface area contributed by atoms with Gasteiger partial charge < -0.3 is 10.6 Å². The van der Waals surface area contributed by atoms with Crippen molar-refractivity contribution in [3.63, 3.8) is 0 Å². The molecule has 1 fully saturated rings. The zero-order chi connectivity index (χ0) is 10.8. The monoisotopic (exact) mass is 203 g/mol. The van der Waals surface area contributed by atoms with Crippen LogP contribution in [0, 0.1) is 17.2 Å². The predicted molar refractivity (Wildman–Crippen MR) is 56.1 cm³/mol. The fourth-order valence-corrected chi connectivity index (χ4v) is 1.81. The largest absolute Gasteiger partial charge is 0.352 e. The highest BCUT2D eigenvalue weighted by Crippen LogP contribution is 2.23. The Morgan fingerprint density at radius 1 is 1.60 bits per heavy atom. The molecule has 2 atom stereocenters. The molecule has 2 unspecified atom stereocenters. The second-order valence-corrected chi connectivity index (χ2v) is 3.93. The van der Waals surface area contributed by atoms with E-state index < -0.39 is 0 Å². The second-order valence-electron chi connectivity index (χ2n) is 3.93. The second kappa shape index (κ2) is 3.83. The Bertz CT molecular complexity index is 387. The molecule has 5 heteroatoms. The lowest BCUT2D eigenvalue weighted by Crippen LogP contribution is -2.29. The average molecular weight is 203 g/mol. The van der Waals surface area contributed by atoms with Crippen molar-refractivity contribution >= 4 is 5.82 Å². The molecule has 0 spiro atoms. The van der Waals surface area contributed by atoms with Gasteiger partial charge in [-0.3, -0.25) is 0 Å². The van der Waals surface area contributed by atoms with Gasteiger partial charge in [0.2, 0.25) is 0 Å². The molecule has 2 heterocycles. The third-order valence-electron chi connectivity index (χ3n) is 2.79. The summed E-state index contributed by atoms with van der Waals surface area (Å²) >= 11 is 0. The number of hydrogen-bond donors (Lipinski definition) is 1. The zero-order valence-electron chi connectivity index (χ0n) is 8.59. The summed E-state index contributed by atoms with van der Waals surface area (Å²) in [7, 11) is 0. The minimum absolute atomic E-state index is 0.151. The first-order valence-corrected chi connectivity index (χ1v) is 4.94. The maximum Gasteiger partial charge on any atom is 0.169 e. The Balaban J connectivity index is 2.28. The number of nitrogens with zero attached hydrogens (tertiary/aromatic N) is 4. The number of nitrogens with two attached hydrogens (primary N) is 1. The molecule has 0 aromatic carbocycles. The number of hydrogen-bond acceptors (Lipinski definition) is 5. The van der Waals surface area contributed by atoms with Gasteiger partial charge in [-0.1, -0.05) is 6.92 Å². The first kappa shape index (κ1) is 9.87. The van der Waals surface area contributed by atoms with Crippen molar-refractivity contribution in [3.05, 3.63) is 17.8 Å². The third kappa shape index (κ3) is 1.76. The summed E-state index contributed by atoms with van der Waals surface area (Å²) in [6, 6.07) is 3.95. The van der Waals surface area contributed by atoms with E-state index in [4.69, 9.17) is 11.0 Å². The van der Waals surface area contributed by atoms with Gasteiger partial charge in [0, 0.05) is 19.1 Å². The van der Waals surface area contributed by atoms with E-state index in [1.54, 1.807) is 6.07 Å². The van der Waals surface area contributed by atoms with Crippen LogP contribution in [-0.2, 0) is 0 Å². The molecule has 0 aliphatic carbocycles. The maximum absolute atomic E-state index is 8.93. The molecule has 1 aromatic heterocycles. The Morgan fingerprint density at radius 2 is 2.40 bits per heavy atom. The van der Waals surface area contributed by atoms with Gasteiger partial charge in [-0.05, 0) is 12.0 Å². The average Bonchev–Trinajstić information content (AvgIpc) is 2.59. The molecule has 2 rings (SSSR count). The number of aromatic nitrogens is 2. The first-order chi connectivity index (χ1) is 7.22. The molecule has 1 saturated heterocycles. The Labute approximate surface area is 88.5 Å². The Kier molecular flexibility index (Phi) is 2.52. The molecule has 78 valence electrons. The normalized spacial score (nSPS) is 25.3. The van der Waals surface area contributed by atoms with E-state index in [9.17, 15) is 0 Å². The van der Waals surface area contributed by atoms with E-state index >= 15 is 0 Å². The standard InChI is InChI=1S/C10H13N5/c1-7-5-15(6-9(7)12)10-8(4-11)2-3-13-14-10/h2-3,7,9H,5-6,12H2,1H3. The Morgan fingerprint density at radius 3 is 3.00 bits per heavy atom. The summed E-state index contributed by atoms with van der Waals surface area (Å²) < 4.78 is 0. The van der Waals surface area contributed by atoms with Crippen molar-refractivity contribution in [2.24, 2.45) is 11.7 Å². The number of anilines is 1. The van der Waals surface area contributed by atoms with Gasteiger partial charge in [0.1, 0.15) is 6.07 Å². The summed E-state index contributed by atoms with van der Waals surface area (Å²) in [4.78, 5) is 2.03. The smallest absolute Gasteiger partial charge is 0.169 e. The van der Waals surface area contributed by atoms with Crippen LogP contribution < -0.4 is 10.6 Å². The molecule has 1 aliphatic heterocycles. The molecular formula is C10H13N5. The zero-order valence-corrected chi connectivity index (χ0v) is 8.59. The van der Waals surface area contributed by atoms with Crippen LogP contribution in [0.1, 0.15) is 12.5 Å². The number of rotatable bonds is 1. The van der Waals surface area contributed by atoms with Gasteiger partial charge in [0.25, 0.3) is 0 Å². The Hall–Kier alpha value is -1.67. The van der Waals surface area contributed by atoms with E-state index in [1.807, 2.05) is 4.90 Å². The maximum atomic E-state index is 8.93. The van der Waals surface area contributed by atoms with Crippen molar-refractivity contribution in [3.8, 4) is 6.07 Å². The van der Waals surface area contributed by atoms with Crippen molar-refractivity contribution in [2.45, 2.75) is 13.0 Å². The summed E-state index contributed by atoms with van der Waals surface area (Å²) in [5.74, 6) is 1.08. The fourth-order valence-electron chi connectivity index (χ4n) is 1.81. The van der Waals surface area contributed by atoms with Crippen LogP contribution in [0.5, 0.6) is 0 Å². The molecular weight excluding hydrogens is 190 g/mol. The van der Waals surface area contributed by atoms with Gasteiger partial charge in [0.05, 0.1) is 11.8 Å². The van der Waals surface area contributed by atoms with E-state index in [-0.39, 0.29) is 6.04 Å². The molecule has 1 aromatic rings. The van der Waals surface area contributed by atoms with Gasteiger partial charge in [0.15, 0.2) is 5.82 Å². The molecule has 5 nitrogen and oxygen atoms in total. The van der Waals surface area contributed by atoms with E-state index in [0.29, 0.717) is 17.3 Å². The molecule has 0 bridgehead atoms. The quantitative estimate of drug-likeness (QED) is 0.702. The molecule has 0 radical (unpaired) electrons. The van der Waals surface area contributed by atoms with E-state index in [2.05, 4.69) is 23.2 Å². The molecule has 2 N–H and O–H groups in total. The SMILES string of the molecule is CC1CN(c2nnccc2C#N)CC1N. The van der Waals surface area contributed by atoms with Crippen LogP contribution in [0.25, 0.3) is 0 Å². The molecule has 0 amide bonds. The van der Waals surface area contributed by atoms with Crippen molar-refractivity contribution in [1.29, 1.82) is 5.26 Å². The van der Waals surface area contributed by atoms with Crippen LogP contribution in [0.3, 0.4) is 0 Å². The summed E-state index contributed by atoms with van der Waals surface area (Å²) in [5.41, 5.74) is 6.49. The minimum atomic E-state index is 0.151. The number of nitriles is 1. The minimum Gasteiger partial charge on any atom is -0.352 e. The summed E-state index contributed by atoms with van der Waals surface area (Å²) in [5, 5.41) is 16.7. The van der Waals surface area contributed by atoms with Crippen LogP contribution >= 0.6 is 0 Å². The molecule has 0 saturated carbocycles. The summed E-state index contributed by atoms with van der Waals surface area (Å²) in [6.07, 6.45) is 1.53. The lowest BCUT2D eigenvalue weighted by molar-refractivity contribution is 0.566. The predicted octanol–water partition coefficient (Wildman–Crippen LogP) is 0.132. The first-order valence-electron chi connectivity index (χ1n) is 4.94. The molecule has 15 heavy (non-hydrogen) atoms. The molecule has 1 aliphatic rings. The van der Waals surface area contributed by atoms with Gasteiger partial charge in [-0.2, -0.15) is 10.4 Å². The third-order valence-corrected chi connectivity index (χ3v) is 2.79. The van der Waals surface area contributed by atoms with Crippen LogP contribution in [0.4, 0.5) is 5.82 Å². The van der Waals surface area contributed by atoms with Crippen molar-refractivity contribution < 1.29 is 0 Å². The topological polar surface area (TPSA) is 78.8 Å². The van der Waals surface area contributed by atoms with E-state index in [1.165, 1.54) is 6.20 Å². The van der Waals surface area contributed by atoms with Crippen molar-refractivity contribution in [2.75, 3.05) is 18.0 Å². The fraction of sp³-hybridized carbons (Fsp3) is 0.500. The van der Waals surface area contributed by atoms with E-state index in [0.717, 1.165) is 13.1 Å². The lowest BCUT2D eigenvalue weighted by Gasteiger charge is -2.16. The lowest BCUT2D eigenvalue weighted by atomic mass is 10.1. The van der Waals surface area contributed by atoms with Gasteiger partial charge in [-0.25, -0.2) is 0 Å². The van der Waals surface area contributed by atoms with Crippen LogP contribution in [0.15, 0.2) is 12.3 Å². The van der Waals surface area contributed by atoms with Gasteiger partial charge in [-0.15, -0.1) is 5.10 Å². The van der Waals surface area contributed by atoms with Crippen LogP contribution in [0.2, 0.25) is 0 Å². The highest BCUT2D eigenvalue weighted by Gasteiger charge is 2.28.